The summed E-state index contributed by atoms with van der Waals surface area (Å²) in [6.45, 7) is -0.520. The Kier molecular flexibility index (Phi) is 4.16. The Hall–Kier alpha value is -0.640. The second kappa shape index (κ2) is 4.52. The Morgan fingerprint density at radius 3 is 2.75 bits per heavy atom. The summed E-state index contributed by atoms with van der Waals surface area (Å²) in [5, 5.41) is 7.84. The minimum Gasteiger partial charge on any atom is -0.289 e. The predicted octanol–water partition coefficient (Wildman–Crippen LogP) is 0.242. The number of rotatable bonds is 3. The minimum atomic E-state index is -0.539. The van der Waals surface area contributed by atoms with Crippen molar-refractivity contribution in [3.8, 4) is 0 Å². The fourth-order valence-electron chi connectivity index (χ4n) is 0.283. The summed E-state index contributed by atoms with van der Waals surface area (Å²) in [6, 6.07) is 0. The molecule has 1 amide bonds. The van der Waals surface area contributed by atoms with E-state index in [1.807, 2.05) is 0 Å². The molecule has 8 heavy (non-hydrogen) atoms. The highest BCUT2D eigenvalue weighted by molar-refractivity contribution is 5.74. The van der Waals surface area contributed by atoms with Gasteiger partial charge in [0, 0.05) is 6.42 Å². The molecular formula is C4H8FNO2. The molecule has 0 atom stereocenters. The summed E-state index contributed by atoms with van der Waals surface area (Å²) in [5.41, 5.74) is 1.39. The zero-order valence-corrected chi connectivity index (χ0v) is 4.35. The van der Waals surface area contributed by atoms with Gasteiger partial charge in [0.1, 0.15) is 0 Å². The van der Waals surface area contributed by atoms with E-state index in [9.17, 15) is 9.18 Å². The van der Waals surface area contributed by atoms with E-state index in [2.05, 4.69) is 0 Å². The van der Waals surface area contributed by atoms with Crippen molar-refractivity contribution >= 4 is 5.91 Å². The van der Waals surface area contributed by atoms with Crippen molar-refractivity contribution < 1.29 is 14.4 Å². The third-order valence-corrected chi connectivity index (χ3v) is 0.662. The van der Waals surface area contributed by atoms with Crippen LogP contribution in [0.5, 0.6) is 0 Å². The van der Waals surface area contributed by atoms with Crippen molar-refractivity contribution in [2.45, 2.75) is 12.8 Å². The van der Waals surface area contributed by atoms with Crippen LogP contribution in [0.2, 0.25) is 0 Å². The topological polar surface area (TPSA) is 49.3 Å². The van der Waals surface area contributed by atoms with E-state index >= 15 is 0 Å². The highest BCUT2D eigenvalue weighted by atomic mass is 19.1. The monoisotopic (exact) mass is 121 g/mol. The Morgan fingerprint density at radius 1 is 1.75 bits per heavy atom. The number of nitrogens with one attached hydrogen (secondary N) is 1. The first kappa shape index (κ1) is 7.36. The molecular weight excluding hydrogens is 113 g/mol. The van der Waals surface area contributed by atoms with Crippen molar-refractivity contribution in [2.75, 3.05) is 6.67 Å². The van der Waals surface area contributed by atoms with Gasteiger partial charge in [-0.05, 0) is 6.42 Å². The number of hydrogen-bond acceptors (Lipinski definition) is 2. The second-order valence-electron chi connectivity index (χ2n) is 1.33. The largest absolute Gasteiger partial charge is 0.289 e. The summed E-state index contributed by atoms with van der Waals surface area (Å²) in [6.07, 6.45) is 0.222. The lowest BCUT2D eigenvalue weighted by Gasteiger charge is -1.91. The Bertz CT molecular complexity index is 76.4. The summed E-state index contributed by atoms with van der Waals surface area (Å²) >= 11 is 0. The third-order valence-electron chi connectivity index (χ3n) is 0.662. The molecule has 0 fully saturated rings. The normalized spacial score (nSPS) is 8.75. The summed E-state index contributed by atoms with van der Waals surface area (Å²) < 4.78 is 11.2. The van der Waals surface area contributed by atoms with Gasteiger partial charge in [-0.3, -0.25) is 14.4 Å². The van der Waals surface area contributed by atoms with Gasteiger partial charge in [0.2, 0.25) is 5.91 Å². The molecule has 0 aromatic rings. The average Bonchev–Trinajstić information content (AvgIpc) is 1.83. The van der Waals surface area contributed by atoms with E-state index in [0.29, 0.717) is 0 Å². The van der Waals surface area contributed by atoms with Crippen molar-refractivity contribution in [2.24, 2.45) is 0 Å². The van der Waals surface area contributed by atoms with Crippen LogP contribution >= 0.6 is 0 Å². The minimum absolute atomic E-state index is 0.0486. The molecule has 2 N–H and O–H groups in total. The molecule has 0 radical (unpaired) electrons. The van der Waals surface area contributed by atoms with Gasteiger partial charge >= 0.3 is 0 Å². The molecule has 0 aromatic carbocycles. The van der Waals surface area contributed by atoms with E-state index in [1.54, 1.807) is 0 Å². The number of hydroxylamine groups is 1. The van der Waals surface area contributed by atoms with Crippen molar-refractivity contribution in [3.63, 3.8) is 0 Å². The first-order valence-corrected chi connectivity index (χ1v) is 2.30. The standard InChI is InChI=1S/C4H8FNO2/c5-3-1-2-4(7)6-8/h8H,1-3H2,(H,6,7). The first-order valence-electron chi connectivity index (χ1n) is 2.30. The molecule has 48 valence electrons. The van der Waals surface area contributed by atoms with Gasteiger partial charge in [-0.1, -0.05) is 0 Å². The van der Waals surface area contributed by atoms with Gasteiger partial charge in [-0.15, -0.1) is 0 Å². The van der Waals surface area contributed by atoms with E-state index in [1.165, 1.54) is 5.48 Å². The summed E-state index contributed by atoms with van der Waals surface area (Å²) in [4.78, 5) is 10.0. The molecule has 0 aliphatic rings. The van der Waals surface area contributed by atoms with Crippen molar-refractivity contribution in [1.82, 2.24) is 5.48 Å². The lowest BCUT2D eigenvalue weighted by Crippen LogP contribution is -2.17. The molecule has 0 rings (SSSR count). The van der Waals surface area contributed by atoms with E-state index in [0.717, 1.165) is 0 Å². The van der Waals surface area contributed by atoms with Gasteiger partial charge in [0.25, 0.3) is 0 Å². The highest BCUT2D eigenvalue weighted by Gasteiger charge is 1.95. The van der Waals surface area contributed by atoms with Crippen LogP contribution in [0.3, 0.4) is 0 Å². The number of hydrogen-bond donors (Lipinski definition) is 2. The van der Waals surface area contributed by atoms with Crippen LogP contribution in [0.1, 0.15) is 12.8 Å². The van der Waals surface area contributed by atoms with Crippen LogP contribution in [0.4, 0.5) is 4.39 Å². The molecule has 0 aromatic heterocycles. The van der Waals surface area contributed by atoms with E-state index in [4.69, 9.17) is 5.21 Å². The van der Waals surface area contributed by atoms with Crippen LogP contribution in [0, 0.1) is 0 Å². The number of amides is 1. The van der Waals surface area contributed by atoms with Gasteiger partial charge in [-0.25, -0.2) is 5.48 Å². The molecule has 0 bridgehead atoms. The molecule has 0 spiro atoms. The quantitative estimate of drug-likeness (QED) is 0.415. The zero-order chi connectivity index (χ0) is 6.41. The lowest BCUT2D eigenvalue weighted by molar-refractivity contribution is -0.129. The van der Waals surface area contributed by atoms with E-state index < -0.39 is 12.6 Å². The van der Waals surface area contributed by atoms with Crippen LogP contribution in [0.25, 0.3) is 0 Å². The Labute approximate surface area is 46.5 Å². The highest BCUT2D eigenvalue weighted by Crippen LogP contribution is 1.87. The maximum absolute atomic E-state index is 11.2. The summed E-state index contributed by atoms with van der Waals surface area (Å²) in [7, 11) is 0. The average molecular weight is 121 g/mol. The molecule has 0 heterocycles. The first-order chi connectivity index (χ1) is 3.81. The maximum atomic E-state index is 11.2. The lowest BCUT2D eigenvalue weighted by atomic mass is 10.3. The van der Waals surface area contributed by atoms with Crippen molar-refractivity contribution in [1.29, 1.82) is 0 Å². The number of carbonyl (C=O) groups excluding carboxylic acids is 1. The third kappa shape index (κ3) is 3.55. The number of halogens is 1. The van der Waals surface area contributed by atoms with Gasteiger partial charge in [-0.2, -0.15) is 0 Å². The predicted molar refractivity (Wildman–Crippen MR) is 25.1 cm³/mol. The van der Waals surface area contributed by atoms with Crippen LogP contribution in [0.15, 0.2) is 0 Å². The van der Waals surface area contributed by atoms with Crippen LogP contribution in [-0.2, 0) is 4.79 Å². The number of alkyl halides is 1. The molecule has 3 nitrogen and oxygen atoms in total. The van der Waals surface area contributed by atoms with Crippen LogP contribution in [-0.4, -0.2) is 17.8 Å². The van der Waals surface area contributed by atoms with Gasteiger partial charge in [0.15, 0.2) is 0 Å². The van der Waals surface area contributed by atoms with Crippen molar-refractivity contribution in [3.05, 3.63) is 0 Å². The molecule has 4 heteroatoms. The second-order valence-corrected chi connectivity index (χ2v) is 1.33. The number of carbonyl (C=O) groups is 1. The van der Waals surface area contributed by atoms with Gasteiger partial charge < -0.3 is 0 Å². The molecule has 0 saturated heterocycles. The maximum Gasteiger partial charge on any atom is 0.243 e. The molecule has 0 unspecified atom stereocenters. The molecule has 0 aliphatic carbocycles. The van der Waals surface area contributed by atoms with Gasteiger partial charge in [0.05, 0.1) is 6.67 Å². The fraction of sp³-hybridized carbons (Fsp3) is 0.750. The molecule has 0 aliphatic heterocycles. The fourth-order valence-corrected chi connectivity index (χ4v) is 0.283. The summed E-state index contributed by atoms with van der Waals surface area (Å²) in [5.74, 6) is -0.539. The SMILES string of the molecule is O=C(CCCF)NO. The zero-order valence-electron chi connectivity index (χ0n) is 4.35. The smallest absolute Gasteiger partial charge is 0.243 e. The van der Waals surface area contributed by atoms with Crippen LogP contribution < -0.4 is 5.48 Å². The van der Waals surface area contributed by atoms with E-state index in [-0.39, 0.29) is 12.8 Å². The Balaban J connectivity index is 2.99. The Morgan fingerprint density at radius 2 is 2.38 bits per heavy atom. The molecule has 0 saturated carbocycles.